The van der Waals surface area contributed by atoms with Crippen LogP contribution in [0.2, 0.25) is 0 Å². The number of alkyl halides is 6. The third-order valence-electron chi connectivity index (χ3n) is 6.64. The molecule has 0 unspecified atom stereocenters. The van der Waals surface area contributed by atoms with E-state index in [2.05, 4.69) is 9.98 Å². The fourth-order valence-electron chi connectivity index (χ4n) is 4.69. The van der Waals surface area contributed by atoms with Crippen LogP contribution in [0.3, 0.4) is 0 Å². The first-order valence-corrected chi connectivity index (χ1v) is 12.0. The quantitative estimate of drug-likeness (QED) is 0.152. The number of aryl methyl sites for hydroxylation is 4. The van der Waals surface area contributed by atoms with Crippen LogP contribution in [-0.2, 0) is 33.6 Å². The van der Waals surface area contributed by atoms with Gasteiger partial charge < -0.3 is 10.2 Å². The van der Waals surface area contributed by atoms with E-state index in [0.717, 1.165) is 24.3 Å². The molecule has 41 heavy (non-hydrogen) atoms. The topological polar surface area (TPSA) is 88.5 Å². The highest BCUT2D eigenvalue weighted by molar-refractivity contribution is 5.88. The second-order valence-corrected chi connectivity index (χ2v) is 9.36. The molecule has 0 aliphatic carbocycles. The molecular formula is C27H24F6N6O2. The lowest BCUT2D eigenvalue weighted by Gasteiger charge is -2.38. The molecule has 0 spiro atoms. The molecule has 0 amide bonds. The van der Waals surface area contributed by atoms with Crippen LogP contribution in [0, 0.1) is 0 Å². The molecule has 0 N–H and O–H groups in total. The molecule has 8 nitrogen and oxygen atoms in total. The minimum absolute atomic E-state index is 0.0612. The number of nitrogens with zero attached hydrogens (tertiary/aromatic N) is 6. The Morgan fingerprint density at radius 2 is 1.15 bits per heavy atom. The molecule has 2 heterocycles. The van der Waals surface area contributed by atoms with E-state index in [1.54, 1.807) is 53.0 Å². The van der Waals surface area contributed by atoms with Gasteiger partial charge in [0.25, 0.3) is 11.6 Å². The van der Waals surface area contributed by atoms with Crippen molar-refractivity contribution in [2.75, 3.05) is 0 Å². The second kappa shape index (κ2) is 10.4. The van der Waals surface area contributed by atoms with Crippen molar-refractivity contribution in [1.82, 2.24) is 9.13 Å². The highest BCUT2D eigenvalue weighted by Gasteiger charge is 2.72. The second-order valence-electron chi connectivity index (χ2n) is 9.36. The molecule has 0 fully saturated rings. The summed E-state index contributed by atoms with van der Waals surface area (Å²) in [7, 11) is 6.25. The average Bonchev–Trinajstić information content (AvgIpc) is 3.38. The highest BCUT2D eigenvalue weighted by Crippen LogP contribution is 2.56. The van der Waals surface area contributed by atoms with Crippen LogP contribution in [0.15, 0.2) is 83.3 Å². The monoisotopic (exact) mass is 578 g/mol. The van der Waals surface area contributed by atoms with Crippen molar-refractivity contribution in [1.29, 1.82) is 0 Å². The molecular weight excluding hydrogens is 554 g/mol. The van der Waals surface area contributed by atoms with E-state index >= 15 is 0 Å². The molecule has 2 aromatic heterocycles. The van der Waals surface area contributed by atoms with Crippen LogP contribution in [0.4, 0.5) is 37.7 Å². The summed E-state index contributed by atoms with van der Waals surface area (Å²) in [6.45, 7) is 0. The number of benzene rings is 2. The number of hydrogen-bond donors (Lipinski definition) is 0. The van der Waals surface area contributed by atoms with E-state index in [4.69, 9.17) is 0 Å². The van der Waals surface area contributed by atoms with Crippen LogP contribution < -0.4 is 19.3 Å². The third kappa shape index (κ3) is 5.16. The van der Waals surface area contributed by atoms with Gasteiger partial charge in [0.2, 0.25) is 5.41 Å². The van der Waals surface area contributed by atoms with E-state index in [-0.39, 0.29) is 23.0 Å². The van der Waals surface area contributed by atoms with E-state index < -0.39 is 40.7 Å². The maximum Gasteiger partial charge on any atom is 0.411 e. The zero-order valence-electron chi connectivity index (χ0n) is 22.2. The molecule has 0 bridgehead atoms. The molecule has 4 aromatic rings. The number of hydrogen-bond acceptors (Lipinski definition) is 4. The van der Waals surface area contributed by atoms with E-state index in [1.165, 1.54) is 18.3 Å². The standard InChI is InChI=1S/C27H24F6N6O2/c1-36-12-13-37(2)23(36)21(40)34-19-10-8-17(9-11-19)25(26(28,29)30,27(31,32)33)18-6-5-7-20(16-18)35-22(41)24-38(3)14-15-39(24)4/h5-16H,1-4H3. The smallest absolute Gasteiger partial charge is 0.411 e. The Kier molecular flexibility index (Phi) is 7.46. The first-order chi connectivity index (χ1) is 19.1. The van der Waals surface area contributed by atoms with Crippen LogP contribution in [0.5, 0.6) is 0 Å². The van der Waals surface area contributed by atoms with Crippen molar-refractivity contribution in [2.45, 2.75) is 17.8 Å². The van der Waals surface area contributed by atoms with Gasteiger partial charge in [0.1, 0.15) is 24.8 Å². The van der Waals surface area contributed by atoms with Crippen molar-refractivity contribution in [3.63, 3.8) is 0 Å². The van der Waals surface area contributed by atoms with Crippen LogP contribution >= 0.6 is 0 Å². The van der Waals surface area contributed by atoms with Gasteiger partial charge in [0.15, 0.2) is 0 Å². The zero-order chi connectivity index (χ0) is 30.3. The van der Waals surface area contributed by atoms with Gasteiger partial charge in [-0.15, -0.1) is 0 Å². The summed E-state index contributed by atoms with van der Waals surface area (Å²) in [5.41, 5.74) is -7.33. The van der Waals surface area contributed by atoms with Crippen molar-refractivity contribution in [2.24, 2.45) is 38.2 Å². The van der Waals surface area contributed by atoms with Crippen LogP contribution in [-0.4, -0.2) is 33.3 Å². The minimum Gasteiger partial charge on any atom is -0.853 e. The Labute approximate surface area is 230 Å². The summed E-state index contributed by atoms with van der Waals surface area (Å²) in [4.78, 5) is 7.60. The summed E-state index contributed by atoms with van der Waals surface area (Å²) < 4.78 is 93.6. The molecule has 14 heteroatoms. The van der Waals surface area contributed by atoms with Crippen LogP contribution in [0.1, 0.15) is 22.8 Å². The lowest BCUT2D eigenvalue weighted by molar-refractivity contribution is -0.674. The number of aromatic nitrogens is 4. The van der Waals surface area contributed by atoms with Gasteiger partial charge in [0.05, 0.1) is 51.4 Å². The summed E-state index contributed by atoms with van der Waals surface area (Å²) in [5.74, 6) is -1.39. The molecule has 0 radical (unpaired) electrons. The predicted octanol–water partition coefficient (Wildman–Crippen LogP) is 2.30. The van der Waals surface area contributed by atoms with Crippen molar-refractivity contribution in [3.8, 4) is 0 Å². The lowest BCUT2D eigenvalue weighted by atomic mass is 9.72. The van der Waals surface area contributed by atoms with Crippen LogP contribution in [0.25, 0.3) is 0 Å². The van der Waals surface area contributed by atoms with E-state index in [0.29, 0.717) is 24.3 Å². The fourth-order valence-corrected chi connectivity index (χ4v) is 4.69. The van der Waals surface area contributed by atoms with Gasteiger partial charge in [-0.25, -0.2) is 18.3 Å². The molecule has 4 rings (SSSR count). The predicted molar refractivity (Wildman–Crippen MR) is 131 cm³/mol. The molecule has 2 aromatic carbocycles. The van der Waals surface area contributed by atoms with Gasteiger partial charge in [-0.2, -0.15) is 26.3 Å². The molecule has 0 saturated carbocycles. The Balaban J connectivity index is 1.85. The minimum atomic E-state index is -5.86. The maximum atomic E-state index is 14.6. The Morgan fingerprint density at radius 3 is 1.56 bits per heavy atom. The molecule has 0 aliphatic heterocycles. The first-order valence-electron chi connectivity index (χ1n) is 12.0. The lowest BCUT2D eigenvalue weighted by Crippen LogP contribution is -2.54. The van der Waals surface area contributed by atoms with E-state index in [1.807, 2.05) is 0 Å². The SMILES string of the molecule is Cn1cc[n+](C)c1C([O-])=Nc1ccc(C(c2cccc(N=C([O-])c3n(C)cc[n+]3C)c2)(C(F)(F)F)C(F)(F)F)cc1. The van der Waals surface area contributed by atoms with Crippen molar-refractivity contribution >= 4 is 23.2 Å². The van der Waals surface area contributed by atoms with E-state index in [9.17, 15) is 36.6 Å². The fraction of sp³-hybridized carbons (Fsp3) is 0.259. The zero-order valence-corrected chi connectivity index (χ0v) is 22.2. The third-order valence-corrected chi connectivity index (χ3v) is 6.64. The molecule has 0 saturated heterocycles. The molecule has 0 atom stereocenters. The average molecular weight is 579 g/mol. The van der Waals surface area contributed by atoms with Crippen molar-refractivity contribution in [3.05, 3.63) is 96.1 Å². The van der Waals surface area contributed by atoms with Gasteiger partial charge in [-0.1, -0.05) is 24.3 Å². The normalized spacial score (nSPS) is 13.6. The van der Waals surface area contributed by atoms with Gasteiger partial charge >= 0.3 is 12.4 Å². The van der Waals surface area contributed by atoms with Gasteiger partial charge in [-0.05, 0) is 35.4 Å². The van der Waals surface area contributed by atoms with Crippen molar-refractivity contribution < 1.29 is 45.7 Å². The number of rotatable bonds is 6. The summed E-state index contributed by atoms with van der Waals surface area (Å²) in [5, 5.41) is 25.3. The number of halogens is 6. The summed E-state index contributed by atoms with van der Waals surface area (Å²) >= 11 is 0. The largest absolute Gasteiger partial charge is 0.853 e. The van der Waals surface area contributed by atoms with Gasteiger partial charge in [-0.3, -0.25) is 9.98 Å². The first kappa shape index (κ1) is 29.4. The van der Waals surface area contributed by atoms with Gasteiger partial charge in [0, 0.05) is 0 Å². The maximum absolute atomic E-state index is 14.6. The highest BCUT2D eigenvalue weighted by atomic mass is 19.4. The Bertz CT molecular complexity index is 1580. The molecule has 216 valence electrons. The number of aliphatic imine (C=N–C) groups is 2. The Hall–Kier alpha value is -4.62. The Morgan fingerprint density at radius 1 is 0.683 bits per heavy atom. The summed E-state index contributed by atoms with van der Waals surface area (Å²) in [6.07, 6.45) is -5.46. The number of imidazole rings is 2. The summed E-state index contributed by atoms with van der Waals surface area (Å²) in [6, 6.07) is 6.49. The molecule has 0 aliphatic rings.